The molecule has 1 aromatic rings. The fraction of sp³-hybridized carbons (Fsp3) is 0.462. The Morgan fingerprint density at radius 3 is 2.79 bits per heavy atom. The molecule has 5 nitrogen and oxygen atoms in total. The Labute approximate surface area is 110 Å². The number of aliphatic carboxylic acids is 1. The molecule has 1 heterocycles. The van der Waals surface area contributed by atoms with Crippen molar-refractivity contribution in [2.75, 3.05) is 20.3 Å². The highest BCUT2D eigenvalue weighted by Gasteiger charge is 2.48. The van der Waals surface area contributed by atoms with Crippen LogP contribution >= 0.6 is 0 Å². The number of carbonyl (C=O) groups is 1. The van der Waals surface area contributed by atoms with E-state index in [0.717, 1.165) is 0 Å². The summed E-state index contributed by atoms with van der Waals surface area (Å²) in [6, 6.07) is 3.48. The fourth-order valence-electron chi connectivity index (χ4n) is 2.34. The highest BCUT2D eigenvalue weighted by molar-refractivity contribution is 5.68. The number of ether oxygens (including phenoxy) is 2. The molecule has 1 saturated heterocycles. The Bertz CT molecular complexity index is 488. The van der Waals surface area contributed by atoms with E-state index < -0.39 is 23.2 Å². The summed E-state index contributed by atoms with van der Waals surface area (Å²) in [6.45, 7) is 0.530. The van der Waals surface area contributed by atoms with Crippen molar-refractivity contribution >= 4 is 5.97 Å². The van der Waals surface area contributed by atoms with Gasteiger partial charge in [-0.05, 0) is 18.2 Å². The second-order valence-corrected chi connectivity index (χ2v) is 4.70. The lowest BCUT2D eigenvalue weighted by atomic mass is 9.71. The Balaban J connectivity index is 2.40. The molecule has 0 radical (unpaired) electrons. The first-order valence-corrected chi connectivity index (χ1v) is 5.89. The smallest absolute Gasteiger partial charge is 0.304 e. The Hall–Kier alpha value is -1.66. The molecule has 0 bridgehead atoms. The summed E-state index contributed by atoms with van der Waals surface area (Å²) in [7, 11) is 1.48. The van der Waals surface area contributed by atoms with Crippen molar-refractivity contribution in [2.24, 2.45) is 5.73 Å². The van der Waals surface area contributed by atoms with E-state index in [1.165, 1.54) is 25.3 Å². The van der Waals surface area contributed by atoms with Crippen molar-refractivity contribution in [3.8, 4) is 5.75 Å². The van der Waals surface area contributed by atoms with Crippen LogP contribution in [0.2, 0.25) is 0 Å². The van der Waals surface area contributed by atoms with Crippen LogP contribution in [-0.4, -0.2) is 37.4 Å². The molecule has 0 aliphatic carbocycles. The topological polar surface area (TPSA) is 81.8 Å². The summed E-state index contributed by atoms with van der Waals surface area (Å²) in [4.78, 5) is 10.8. The summed E-state index contributed by atoms with van der Waals surface area (Å²) in [6.07, 6.45) is -0.205. The maximum absolute atomic E-state index is 13.4. The van der Waals surface area contributed by atoms with Crippen molar-refractivity contribution in [3.05, 3.63) is 29.6 Å². The normalized spacial score (nSPS) is 18.5. The molecule has 0 saturated carbocycles. The maximum Gasteiger partial charge on any atom is 0.304 e. The Kier molecular flexibility index (Phi) is 3.73. The molecule has 19 heavy (non-hydrogen) atoms. The highest BCUT2D eigenvalue weighted by atomic mass is 19.1. The minimum absolute atomic E-state index is 0.205. The summed E-state index contributed by atoms with van der Waals surface area (Å²) in [5.41, 5.74) is 5.84. The van der Waals surface area contributed by atoms with E-state index in [9.17, 15) is 9.18 Å². The first-order chi connectivity index (χ1) is 8.99. The number of hydrogen-bond donors (Lipinski definition) is 2. The van der Waals surface area contributed by atoms with Crippen LogP contribution in [0.1, 0.15) is 12.0 Å². The van der Waals surface area contributed by atoms with Crippen LogP contribution in [0.5, 0.6) is 5.75 Å². The van der Waals surface area contributed by atoms with Crippen LogP contribution in [0.4, 0.5) is 4.39 Å². The lowest BCUT2D eigenvalue weighted by Crippen LogP contribution is -2.59. The molecule has 6 heteroatoms. The van der Waals surface area contributed by atoms with Gasteiger partial charge in [0, 0.05) is 11.6 Å². The molecule has 1 aliphatic heterocycles. The van der Waals surface area contributed by atoms with Crippen LogP contribution in [0, 0.1) is 5.82 Å². The minimum Gasteiger partial charge on any atom is -0.496 e. The van der Waals surface area contributed by atoms with Crippen LogP contribution < -0.4 is 10.5 Å². The third kappa shape index (κ3) is 2.41. The number of rotatable bonds is 5. The van der Waals surface area contributed by atoms with Gasteiger partial charge in [-0.2, -0.15) is 0 Å². The van der Waals surface area contributed by atoms with Crippen molar-refractivity contribution in [3.63, 3.8) is 0 Å². The molecule has 1 aliphatic rings. The van der Waals surface area contributed by atoms with Crippen LogP contribution in [-0.2, 0) is 14.9 Å². The zero-order valence-electron chi connectivity index (χ0n) is 10.6. The number of halogens is 1. The summed E-state index contributed by atoms with van der Waals surface area (Å²) >= 11 is 0. The van der Waals surface area contributed by atoms with Gasteiger partial charge in [-0.1, -0.05) is 0 Å². The molecule has 1 unspecified atom stereocenters. The average molecular weight is 269 g/mol. The zero-order chi connectivity index (χ0) is 14.0. The number of hydrogen-bond acceptors (Lipinski definition) is 4. The van der Waals surface area contributed by atoms with Gasteiger partial charge in [-0.3, -0.25) is 4.79 Å². The van der Waals surface area contributed by atoms with Crippen LogP contribution in [0.25, 0.3) is 0 Å². The Morgan fingerprint density at radius 1 is 1.63 bits per heavy atom. The first-order valence-electron chi connectivity index (χ1n) is 5.89. The third-order valence-corrected chi connectivity index (χ3v) is 3.52. The van der Waals surface area contributed by atoms with Gasteiger partial charge in [0.25, 0.3) is 0 Å². The van der Waals surface area contributed by atoms with Gasteiger partial charge < -0.3 is 20.3 Å². The van der Waals surface area contributed by atoms with Gasteiger partial charge in [0.2, 0.25) is 0 Å². The van der Waals surface area contributed by atoms with E-state index in [2.05, 4.69) is 0 Å². The van der Waals surface area contributed by atoms with Gasteiger partial charge in [0.05, 0.1) is 32.2 Å². The number of methoxy groups -OCH3 is 1. The van der Waals surface area contributed by atoms with Crippen molar-refractivity contribution < 1.29 is 23.8 Å². The molecule has 0 spiro atoms. The predicted molar refractivity (Wildman–Crippen MR) is 65.7 cm³/mol. The van der Waals surface area contributed by atoms with Gasteiger partial charge in [-0.15, -0.1) is 0 Å². The lowest BCUT2D eigenvalue weighted by molar-refractivity contribution is -0.140. The van der Waals surface area contributed by atoms with Crippen molar-refractivity contribution in [1.82, 2.24) is 0 Å². The van der Waals surface area contributed by atoms with Crippen molar-refractivity contribution in [1.29, 1.82) is 0 Å². The minimum atomic E-state index is -0.992. The lowest BCUT2D eigenvalue weighted by Gasteiger charge is -2.46. The quantitative estimate of drug-likeness (QED) is 0.830. The fourth-order valence-corrected chi connectivity index (χ4v) is 2.34. The van der Waals surface area contributed by atoms with Crippen LogP contribution in [0.15, 0.2) is 18.2 Å². The maximum atomic E-state index is 13.4. The summed E-state index contributed by atoms with van der Waals surface area (Å²) in [5, 5.41) is 8.87. The third-order valence-electron chi connectivity index (χ3n) is 3.52. The second-order valence-electron chi connectivity index (χ2n) is 4.70. The predicted octanol–water partition coefficient (Wildman–Crippen LogP) is 0.904. The largest absolute Gasteiger partial charge is 0.496 e. The molecule has 104 valence electrons. The summed E-state index contributed by atoms with van der Waals surface area (Å²) in [5.74, 6) is -0.913. The molecule has 1 aromatic carbocycles. The molecule has 2 rings (SSSR count). The summed E-state index contributed by atoms with van der Waals surface area (Å²) < 4.78 is 23.8. The van der Waals surface area contributed by atoms with E-state index in [1.54, 1.807) is 0 Å². The monoisotopic (exact) mass is 269 g/mol. The van der Waals surface area contributed by atoms with E-state index in [-0.39, 0.29) is 19.6 Å². The second kappa shape index (κ2) is 5.14. The van der Waals surface area contributed by atoms with E-state index in [0.29, 0.717) is 11.3 Å². The van der Waals surface area contributed by atoms with Gasteiger partial charge in [-0.25, -0.2) is 4.39 Å². The first kappa shape index (κ1) is 13.8. The van der Waals surface area contributed by atoms with Gasteiger partial charge >= 0.3 is 5.97 Å². The number of carboxylic acid groups (broad SMARTS) is 1. The van der Waals surface area contributed by atoms with E-state index >= 15 is 0 Å². The SMILES string of the molecule is COc1ccc(F)cc1C1(C(N)CC(=O)O)COC1. The highest BCUT2D eigenvalue weighted by Crippen LogP contribution is 2.41. The molecule has 0 amide bonds. The van der Waals surface area contributed by atoms with E-state index in [4.69, 9.17) is 20.3 Å². The molecule has 1 atom stereocenters. The number of nitrogens with two attached hydrogens (primary N) is 1. The molecule has 0 aromatic heterocycles. The standard InChI is InChI=1S/C13H16FNO4/c1-18-10-3-2-8(14)4-9(10)13(6-19-7-13)11(15)5-12(16)17/h2-4,11H,5-7,15H2,1H3,(H,16,17). The Morgan fingerprint density at radius 2 is 2.32 bits per heavy atom. The zero-order valence-corrected chi connectivity index (χ0v) is 10.6. The molecule has 3 N–H and O–H groups in total. The average Bonchev–Trinajstić information content (AvgIpc) is 2.26. The molecular formula is C13H16FNO4. The number of carboxylic acids is 1. The molecular weight excluding hydrogens is 253 g/mol. The number of benzene rings is 1. The van der Waals surface area contributed by atoms with Crippen LogP contribution in [0.3, 0.4) is 0 Å². The molecule has 1 fully saturated rings. The van der Waals surface area contributed by atoms with Gasteiger partial charge in [0.1, 0.15) is 11.6 Å². The van der Waals surface area contributed by atoms with Crippen molar-refractivity contribution in [2.45, 2.75) is 17.9 Å². The van der Waals surface area contributed by atoms with Gasteiger partial charge in [0.15, 0.2) is 0 Å². The van der Waals surface area contributed by atoms with E-state index in [1.807, 2.05) is 0 Å².